The fourth-order valence-electron chi connectivity index (χ4n) is 1.97. The molecule has 1 N–H and O–H groups in total. The molecule has 2 aromatic rings. The molecule has 0 unspecified atom stereocenters. The maximum Gasteiger partial charge on any atom is 0.340 e. The molecule has 0 bridgehead atoms. The Morgan fingerprint density at radius 1 is 1.21 bits per heavy atom. The molecule has 0 aliphatic rings. The molecule has 9 heteroatoms. The smallest absolute Gasteiger partial charge is 0.340 e. The highest BCUT2D eigenvalue weighted by atomic mass is 35.5. The number of carbonyl (C=O) groups is 1. The third-order valence-corrected chi connectivity index (χ3v) is 5.13. The number of rotatable bonds is 4. The highest BCUT2D eigenvalue weighted by Crippen LogP contribution is 2.27. The minimum absolute atomic E-state index is 0.168. The number of halogens is 3. The first kappa shape index (κ1) is 18.2. The van der Waals surface area contributed by atoms with Gasteiger partial charge in [-0.25, -0.2) is 22.0 Å². The normalized spacial score (nSPS) is 11.2. The van der Waals surface area contributed by atoms with Crippen LogP contribution in [-0.2, 0) is 14.8 Å². The van der Waals surface area contributed by atoms with Gasteiger partial charge < -0.3 is 4.74 Å². The van der Waals surface area contributed by atoms with Crippen molar-refractivity contribution in [2.75, 3.05) is 11.8 Å². The van der Waals surface area contributed by atoms with Crippen molar-refractivity contribution >= 4 is 33.3 Å². The first-order chi connectivity index (χ1) is 11.2. The Morgan fingerprint density at radius 2 is 1.88 bits per heavy atom. The molecule has 2 rings (SSSR count). The minimum Gasteiger partial charge on any atom is -0.465 e. The molecule has 0 fully saturated rings. The number of ether oxygens (including phenoxy) is 1. The van der Waals surface area contributed by atoms with Gasteiger partial charge in [0.2, 0.25) is 0 Å². The molecule has 0 saturated heterocycles. The first-order valence-electron chi connectivity index (χ1n) is 6.52. The third-order valence-electron chi connectivity index (χ3n) is 3.21. The van der Waals surface area contributed by atoms with Crippen molar-refractivity contribution in [3.8, 4) is 0 Å². The van der Waals surface area contributed by atoms with Crippen LogP contribution in [0, 0.1) is 18.6 Å². The number of benzene rings is 2. The van der Waals surface area contributed by atoms with Crippen LogP contribution in [0.2, 0.25) is 5.02 Å². The van der Waals surface area contributed by atoms with Crippen molar-refractivity contribution in [3.63, 3.8) is 0 Å². The molecule has 0 aliphatic heterocycles. The summed E-state index contributed by atoms with van der Waals surface area (Å²) in [5.41, 5.74) is -0.919. The number of anilines is 1. The molecule has 24 heavy (non-hydrogen) atoms. The van der Waals surface area contributed by atoms with Crippen LogP contribution in [0.25, 0.3) is 0 Å². The number of methoxy groups -OCH3 is 1. The summed E-state index contributed by atoms with van der Waals surface area (Å²) in [5, 5.41) is 0.215. The second-order valence-electron chi connectivity index (χ2n) is 4.77. The van der Waals surface area contributed by atoms with Crippen molar-refractivity contribution in [2.45, 2.75) is 11.8 Å². The van der Waals surface area contributed by atoms with Crippen LogP contribution < -0.4 is 4.72 Å². The van der Waals surface area contributed by atoms with E-state index in [4.69, 9.17) is 11.6 Å². The lowest BCUT2D eigenvalue weighted by Crippen LogP contribution is -2.16. The zero-order valence-electron chi connectivity index (χ0n) is 12.6. The summed E-state index contributed by atoms with van der Waals surface area (Å²) < 4.78 is 58.7. The Balaban J connectivity index is 2.50. The second kappa shape index (κ2) is 6.74. The molecule has 0 heterocycles. The molecular weight excluding hydrogens is 364 g/mol. The van der Waals surface area contributed by atoms with Crippen molar-refractivity contribution in [1.82, 2.24) is 0 Å². The van der Waals surface area contributed by atoms with E-state index in [1.54, 1.807) is 0 Å². The van der Waals surface area contributed by atoms with Crippen LogP contribution in [0.15, 0.2) is 35.2 Å². The summed E-state index contributed by atoms with van der Waals surface area (Å²) >= 11 is 5.88. The van der Waals surface area contributed by atoms with Crippen LogP contribution in [0.4, 0.5) is 14.5 Å². The van der Waals surface area contributed by atoms with E-state index in [0.29, 0.717) is 6.07 Å². The lowest BCUT2D eigenvalue weighted by molar-refractivity contribution is 0.0595. The Labute approximate surface area is 142 Å². The van der Waals surface area contributed by atoms with E-state index in [1.807, 2.05) is 4.72 Å². The molecular formula is C15H12ClF2NO4S. The molecule has 2 aromatic carbocycles. The molecule has 0 aromatic heterocycles. The molecule has 5 nitrogen and oxygen atoms in total. The van der Waals surface area contributed by atoms with Gasteiger partial charge in [-0.1, -0.05) is 17.7 Å². The number of esters is 1. The summed E-state index contributed by atoms with van der Waals surface area (Å²) in [5.74, 6) is -3.41. The Morgan fingerprint density at radius 3 is 2.50 bits per heavy atom. The highest BCUT2D eigenvalue weighted by molar-refractivity contribution is 7.92. The summed E-state index contributed by atoms with van der Waals surface area (Å²) in [6.07, 6.45) is 0. The summed E-state index contributed by atoms with van der Waals surface area (Å²) in [4.78, 5) is 11.3. The lowest BCUT2D eigenvalue weighted by Gasteiger charge is -2.13. The average Bonchev–Trinajstić information content (AvgIpc) is 2.51. The van der Waals surface area contributed by atoms with Crippen molar-refractivity contribution in [1.29, 1.82) is 0 Å². The Bertz CT molecular complexity index is 916. The topological polar surface area (TPSA) is 72.5 Å². The summed E-state index contributed by atoms with van der Waals surface area (Å²) in [6.45, 7) is 1.48. The fraction of sp³-hybridized carbons (Fsp3) is 0.133. The van der Waals surface area contributed by atoms with Crippen LogP contribution in [0.1, 0.15) is 15.9 Å². The van der Waals surface area contributed by atoms with E-state index in [-0.39, 0.29) is 15.5 Å². The third kappa shape index (κ3) is 3.49. The van der Waals surface area contributed by atoms with E-state index in [0.717, 1.165) is 13.2 Å². The minimum atomic E-state index is -4.20. The van der Waals surface area contributed by atoms with Gasteiger partial charge in [-0.15, -0.1) is 0 Å². The predicted octanol–water partition coefficient (Wildman–Crippen LogP) is 3.51. The number of hydrogen-bond donors (Lipinski definition) is 1. The van der Waals surface area contributed by atoms with Gasteiger partial charge in [-0.3, -0.25) is 4.72 Å². The quantitative estimate of drug-likeness (QED) is 0.830. The van der Waals surface area contributed by atoms with Crippen LogP contribution >= 0.6 is 11.6 Å². The standard InChI is InChI=1S/C15H12ClF2NO4S/c1-8-10(16)4-3-5-14(8)24(21,22)19-13-6-9(15(20)23-2)11(17)7-12(13)18/h3-7,19H,1-2H3. The largest absolute Gasteiger partial charge is 0.465 e. The van der Waals surface area contributed by atoms with Gasteiger partial charge in [0.05, 0.1) is 23.3 Å². The predicted molar refractivity (Wildman–Crippen MR) is 84.7 cm³/mol. The number of sulfonamides is 1. The van der Waals surface area contributed by atoms with E-state index in [2.05, 4.69) is 4.74 Å². The number of nitrogens with one attached hydrogen (secondary N) is 1. The fourth-order valence-corrected chi connectivity index (χ4v) is 3.53. The van der Waals surface area contributed by atoms with Gasteiger partial charge >= 0.3 is 5.97 Å². The molecule has 0 atom stereocenters. The zero-order chi connectivity index (χ0) is 18.1. The van der Waals surface area contributed by atoms with E-state index in [9.17, 15) is 22.0 Å². The van der Waals surface area contributed by atoms with Crippen LogP contribution in [-0.4, -0.2) is 21.5 Å². The van der Waals surface area contributed by atoms with Gasteiger partial charge in [0.25, 0.3) is 10.0 Å². The summed E-state index contributed by atoms with van der Waals surface area (Å²) in [7, 11) is -3.18. The summed E-state index contributed by atoms with van der Waals surface area (Å²) in [6, 6.07) is 5.34. The monoisotopic (exact) mass is 375 g/mol. The van der Waals surface area contributed by atoms with Crippen LogP contribution in [0.3, 0.4) is 0 Å². The Kier molecular flexibility index (Phi) is 5.10. The first-order valence-corrected chi connectivity index (χ1v) is 8.38. The van der Waals surface area contributed by atoms with Gasteiger partial charge in [0.15, 0.2) is 0 Å². The molecule has 0 saturated carbocycles. The molecule has 128 valence electrons. The molecule has 0 spiro atoms. The molecule has 0 aliphatic carbocycles. The van der Waals surface area contributed by atoms with Gasteiger partial charge in [0.1, 0.15) is 11.6 Å². The van der Waals surface area contributed by atoms with E-state index in [1.165, 1.54) is 25.1 Å². The maximum atomic E-state index is 13.9. The second-order valence-corrected chi connectivity index (χ2v) is 6.83. The van der Waals surface area contributed by atoms with E-state index >= 15 is 0 Å². The van der Waals surface area contributed by atoms with Gasteiger partial charge in [-0.05, 0) is 30.7 Å². The van der Waals surface area contributed by atoms with Crippen molar-refractivity contribution in [2.24, 2.45) is 0 Å². The van der Waals surface area contributed by atoms with Gasteiger partial charge in [-0.2, -0.15) is 0 Å². The van der Waals surface area contributed by atoms with E-state index < -0.39 is 38.9 Å². The molecule has 0 radical (unpaired) electrons. The van der Waals surface area contributed by atoms with Crippen molar-refractivity contribution < 1.29 is 26.7 Å². The van der Waals surface area contributed by atoms with Crippen molar-refractivity contribution in [3.05, 3.63) is 58.1 Å². The van der Waals surface area contributed by atoms with Gasteiger partial charge in [0, 0.05) is 11.1 Å². The maximum absolute atomic E-state index is 13.9. The SMILES string of the molecule is COC(=O)c1cc(NS(=O)(=O)c2cccc(Cl)c2C)c(F)cc1F. The lowest BCUT2D eigenvalue weighted by atomic mass is 10.2. The molecule has 0 amide bonds. The number of hydrogen-bond acceptors (Lipinski definition) is 4. The Hall–Kier alpha value is -2.19. The number of carbonyl (C=O) groups excluding carboxylic acids is 1. The van der Waals surface area contributed by atoms with Crippen LogP contribution in [0.5, 0.6) is 0 Å². The zero-order valence-corrected chi connectivity index (χ0v) is 14.1. The highest BCUT2D eigenvalue weighted by Gasteiger charge is 2.22. The average molecular weight is 376 g/mol.